The van der Waals surface area contributed by atoms with E-state index in [1.54, 1.807) is 0 Å². The van der Waals surface area contributed by atoms with Gasteiger partial charge in [0.15, 0.2) is 11.2 Å². The number of nitrogens with one attached hydrogen (secondary N) is 3. The van der Waals surface area contributed by atoms with E-state index in [1.807, 2.05) is 0 Å². The smallest absolute Gasteiger partial charge is 0.158 e. The molecule has 0 saturated carbocycles. The lowest BCUT2D eigenvalue weighted by molar-refractivity contribution is 0.138. The van der Waals surface area contributed by atoms with Gasteiger partial charge >= 0.3 is 0 Å². The minimum absolute atomic E-state index is 0.0968. The quantitative estimate of drug-likeness (QED) is 0.526. The van der Waals surface area contributed by atoms with Crippen molar-refractivity contribution in [1.29, 1.82) is 0 Å². The number of ether oxygens (including phenoxy) is 1. The van der Waals surface area contributed by atoms with Crippen LogP contribution in [0.5, 0.6) is 0 Å². The first-order valence-electron chi connectivity index (χ1n) is 10.4. The van der Waals surface area contributed by atoms with Crippen LogP contribution in [0.2, 0.25) is 0 Å². The average molecular weight is 399 g/mol. The van der Waals surface area contributed by atoms with Gasteiger partial charge in [-0.25, -0.2) is 0 Å². The lowest BCUT2D eigenvalue weighted by atomic mass is 10.1. The second-order valence-electron chi connectivity index (χ2n) is 7.19. The van der Waals surface area contributed by atoms with Gasteiger partial charge in [0.05, 0.1) is 31.2 Å². The number of hydrogen-bond donors (Lipinski definition) is 4. The van der Waals surface area contributed by atoms with Crippen LogP contribution in [0.1, 0.15) is 0 Å². The van der Waals surface area contributed by atoms with Gasteiger partial charge in [-0.2, -0.15) is 0 Å². The van der Waals surface area contributed by atoms with Crippen LogP contribution in [-0.4, -0.2) is 70.7 Å². The van der Waals surface area contributed by atoms with Crippen LogP contribution in [0.15, 0.2) is 40.8 Å². The van der Waals surface area contributed by atoms with E-state index in [1.165, 1.54) is 0 Å². The number of benzene rings is 2. The van der Waals surface area contributed by atoms with E-state index in [0.29, 0.717) is 19.8 Å². The van der Waals surface area contributed by atoms with E-state index in [2.05, 4.69) is 57.2 Å². The Morgan fingerprint density at radius 2 is 1.62 bits per heavy atom. The fourth-order valence-electron chi connectivity index (χ4n) is 3.81. The third kappa shape index (κ3) is 4.64. The normalized spacial score (nSPS) is 17.5. The monoisotopic (exact) mass is 398 g/mol. The summed E-state index contributed by atoms with van der Waals surface area (Å²) in [5, 5.41) is 22.1. The molecule has 3 aromatic rings. The predicted octanol–water partition coefficient (Wildman–Crippen LogP) is 2.01. The molecule has 0 spiro atoms. The van der Waals surface area contributed by atoms with Crippen LogP contribution in [0.4, 0.5) is 11.4 Å². The first kappa shape index (κ1) is 20.0. The Morgan fingerprint density at radius 1 is 0.862 bits per heavy atom. The van der Waals surface area contributed by atoms with Crippen molar-refractivity contribution in [3.8, 4) is 0 Å². The highest BCUT2D eigenvalue weighted by molar-refractivity contribution is 6.12. The zero-order valence-electron chi connectivity index (χ0n) is 16.7. The maximum atomic E-state index is 9.60. The zero-order chi connectivity index (χ0) is 19.9. The third-order valence-corrected chi connectivity index (χ3v) is 5.24. The minimum Gasteiger partial charge on any atom is -0.452 e. The molecular formula is C22H30N4O3. The topological polar surface area (TPSA) is 81.9 Å². The standard InChI is InChI=1S/C22H30N4O3/c27-14-13-26-12-9-24-11-16-28-15-10-23-7-8-25-19-5-1-3-17-18-4-2-6-20(26)22(18)29-21(17)19/h1-6,23-25,27H,7-16H2. The molecule has 2 aromatic carbocycles. The molecule has 1 aliphatic heterocycles. The lowest BCUT2D eigenvalue weighted by Gasteiger charge is -2.24. The summed E-state index contributed by atoms with van der Waals surface area (Å²) in [6, 6.07) is 12.5. The van der Waals surface area contributed by atoms with Crippen molar-refractivity contribution < 1.29 is 14.3 Å². The number of aliphatic hydroxyl groups is 1. The van der Waals surface area contributed by atoms with E-state index >= 15 is 0 Å². The van der Waals surface area contributed by atoms with Crippen molar-refractivity contribution in [2.24, 2.45) is 0 Å². The van der Waals surface area contributed by atoms with Crippen LogP contribution in [0.25, 0.3) is 21.9 Å². The summed E-state index contributed by atoms with van der Waals surface area (Å²) in [5.74, 6) is 0. The molecule has 0 fully saturated rings. The van der Waals surface area contributed by atoms with Gasteiger partial charge < -0.3 is 35.1 Å². The van der Waals surface area contributed by atoms with Crippen molar-refractivity contribution in [3.05, 3.63) is 36.4 Å². The van der Waals surface area contributed by atoms with Gasteiger partial charge in [-0.05, 0) is 12.1 Å². The molecule has 1 aromatic heterocycles. The molecule has 4 rings (SSSR count). The van der Waals surface area contributed by atoms with Crippen molar-refractivity contribution in [3.63, 3.8) is 0 Å². The molecule has 0 atom stereocenters. The number of rotatable bonds is 2. The highest BCUT2D eigenvalue weighted by Crippen LogP contribution is 2.37. The van der Waals surface area contributed by atoms with Gasteiger partial charge in [0, 0.05) is 56.6 Å². The molecule has 4 N–H and O–H groups in total. The summed E-state index contributed by atoms with van der Waals surface area (Å²) in [6.07, 6.45) is 0. The molecule has 0 aliphatic carbocycles. The Morgan fingerprint density at radius 3 is 2.45 bits per heavy atom. The highest BCUT2D eigenvalue weighted by atomic mass is 16.5. The summed E-state index contributed by atoms with van der Waals surface area (Å²) in [7, 11) is 0. The lowest BCUT2D eigenvalue weighted by Crippen LogP contribution is -2.35. The van der Waals surface area contributed by atoms with Gasteiger partial charge in [0.1, 0.15) is 0 Å². The third-order valence-electron chi connectivity index (χ3n) is 5.24. The maximum Gasteiger partial charge on any atom is 0.158 e. The molecule has 0 unspecified atom stereocenters. The van der Waals surface area contributed by atoms with Gasteiger partial charge in [0.2, 0.25) is 0 Å². The fraction of sp³-hybridized carbons (Fsp3) is 0.455. The number of furan rings is 1. The summed E-state index contributed by atoms with van der Waals surface area (Å²) >= 11 is 0. The van der Waals surface area contributed by atoms with Gasteiger partial charge in [-0.1, -0.05) is 24.3 Å². The van der Waals surface area contributed by atoms with Crippen molar-refractivity contribution >= 4 is 33.3 Å². The first-order chi connectivity index (χ1) is 14.4. The zero-order valence-corrected chi connectivity index (χ0v) is 16.7. The molecule has 7 nitrogen and oxygen atoms in total. The number of para-hydroxylation sites is 2. The molecule has 1 aliphatic rings. The van der Waals surface area contributed by atoms with Crippen LogP contribution < -0.4 is 20.9 Å². The molecule has 0 saturated heterocycles. The van der Waals surface area contributed by atoms with E-state index in [-0.39, 0.29) is 6.61 Å². The molecule has 2 bridgehead atoms. The summed E-state index contributed by atoms with van der Waals surface area (Å²) < 4.78 is 12.0. The van der Waals surface area contributed by atoms with E-state index in [0.717, 1.165) is 72.6 Å². The fourth-order valence-corrected chi connectivity index (χ4v) is 3.81. The Bertz CT molecular complexity index is 927. The van der Waals surface area contributed by atoms with E-state index in [9.17, 15) is 5.11 Å². The van der Waals surface area contributed by atoms with Crippen LogP contribution >= 0.6 is 0 Å². The molecule has 156 valence electrons. The van der Waals surface area contributed by atoms with Crippen molar-refractivity contribution in [1.82, 2.24) is 10.6 Å². The Hall–Kier alpha value is -2.32. The summed E-state index contributed by atoms with van der Waals surface area (Å²) in [5.41, 5.74) is 3.76. The number of aliphatic hydroxyl groups excluding tert-OH is 1. The van der Waals surface area contributed by atoms with Crippen molar-refractivity contribution in [2.45, 2.75) is 0 Å². The predicted molar refractivity (Wildman–Crippen MR) is 118 cm³/mol. The van der Waals surface area contributed by atoms with Crippen LogP contribution in [-0.2, 0) is 4.74 Å². The Balaban J connectivity index is 1.71. The Labute approximate surface area is 171 Å². The van der Waals surface area contributed by atoms with Gasteiger partial charge in [-0.15, -0.1) is 0 Å². The minimum atomic E-state index is 0.0968. The number of hydrogen-bond acceptors (Lipinski definition) is 7. The van der Waals surface area contributed by atoms with Gasteiger partial charge in [-0.3, -0.25) is 0 Å². The number of nitrogens with zero attached hydrogens (tertiary/aromatic N) is 1. The first-order valence-corrected chi connectivity index (χ1v) is 10.4. The largest absolute Gasteiger partial charge is 0.452 e. The average Bonchev–Trinajstić information content (AvgIpc) is 3.13. The SMILES string of the molecule is OCCN1CCNCCOCCNCCNc2cccc3c2oc2c1cccc23. The molecule has 2 heterocycles. The van der Waals surface area contributed by atoms with Crippen molar-refractivity contribution in [2.75, 3.05) is 75.9 Å². The number of anilines is 2. The van der Waals surface area contributed by atoms with Crippen LogP contribution in [0, 0.1) is 0 Å². The summed E-state index contributed by atoms with van der Waals surface area (Å²) in [4.78, 5) is 2.18. The summed E-state index contributed by atoms with van der Waals surface area (Å²) in [6.45, 7) is 6.96. The van der Waals surface area contributed by atoms with E-state index < -0.39 is 0 Å². The molecule has 29 heavy (non-hydrogen) atoms. The van der Waals surface area contributed by atoms with E-state index in [4.69, 9.17) is 9.15 Å². The second kappa shape index (κ2) is 9.93. The highest BCUT2D eigenvalue weighted by Gasteiger charge is 2.17. The second-order valence-corrected chi connectivity index (χ2v) is 7.19. The maximum absolute atomic E-state index is 9.60. The molecule has 0 radical (unpaired) electrons. The molecule has 7 heteroatoms. The number of β-amino-alcohol motifs (C(OH)–C–C–N with tert-alkyl or cyclic N) is 1. The van der Waals surface area contributed by atoms with Gasteiger partial charge in [0.25, 0.3) is 0 Å². The Kier molecular flexibility index (Phi) is 6.84. The molecule has 0 amide bonds. The van der Waals surface area contributed by atoms with Crippen LogP contribution in [0.3, 0.4) is 0 Å². The molecular weight excluding hydrogens is 368 g/mol. The number of fused-ring (bicyclic) bond motifs is 1.